The number of anilines is 2. The van der Waals surface area contributed by atoms with Crippen LogP contribution in [0.3, 0.4) is 0 Å². The number of nitrogens with one attached hydrogen (secondary N) is 1. The van der Waals surface area contributed by atoms with Crippen LogP contribution in [0.1, 0.15) is 0 Å². The largest absolute Gasteiger partial charge is 0.325 e. The molecule has 0 spiro atoms. The average molecular weight is 400 g/mol. The van der Waals surface area contributed by atoms with Gasteiger partial charge in [0.15, 0.2) is 0 Å². The molecule has 5 nitrogen and oxygen atoms in total. The number of halogens is 2. The minimum Gasteiger partial charge on any atom is -0.325 e. The van der Waals surface area contributed by atoms with Crippen molar-refractivity contribution in [1.29, 1.82) is 0 Å². The van der Waals surface area contributed by atoms with Gasteiger partial charge in [0.25, 0.3) is 10.0 Å². The minimum absolute atomic E-state index is 0.00248. The van der Waals surface area contributed by atoms with Crippen LogP contribution < -0.4 is 9.62 Å². The van der Waals surface area contributed by atoms with Crippen LogP contribution in [-0.4, -0.2) is 20.9 Å². The standard InChI is InChI=1S/C20H14F2N2O3S/c21-13-5-8-15(9-6-13)23-20(25)12-24-18-10-7-14(22)11-17(18)16-3-1-2-4-19(16)28(24,26)27/h1-11H,12H2,(H,23,25). The van der Waals surface area contributed by atoms with Crippen LogP contribution in [0.25, 0.3) is 11.1 Å². The predicted molar refractivity (Wildman–Crippen MR) is 101 cm³/mol. The summed E-state index contributed by atoms with van der Waals surface area (Å²) in [6.45, 7) is -0.507. The number of rotatable bonds is 3. The third-order valence-corrected chi connectivity index (χ3v) is 6.21. The van der Waals surface area contributed by atoms with Crippen LogP contribution in [0.5, 0.6) is 0 Å². The number of hydrogen-bond acceptors (Lipinski definition) is 3. The molecule has 3 aromatic carbocycles. The Morgan fingerprint density at radius 2 is 1.57 bits per heavy atom. The van der Waals surface area contributed by atoms with Gasteiger partial charge >= 0.3 is 0 Å². The Morgan fingerprint density at radius 3 is 2.32 bits per heavy atom. The molecule has 1 aliphatic rings. The lowest BCUT2D eigenvalue weighted by molar-refractivity contribution is -0.114. The molecule has 0 radical (unpaired) electrons. The van der Waals surface area contributed by atoms with E-state index in [0.717, 1.165) is 10.4 Å². The van der Waals surface area contributed by atoms with Crippen LogP contribution in [0, 0.1) is 11.6 Å². The molecule has 8 heteroatoms. The molecule has 0 unspecified atom stereocenters. The van der Waals surface area contributed by atoms with E-state index in [2.05, 4.69) is 5.32 Å². The molecule has 0 aliphatic carbocycles. The lowest BCUT2D eigenvalue weighted by Crippen LogP contribution is -2.40. The summed E-state index contributed by atoms with van der Waals surface area (Å²) < 4.78 is 53.9. The highest BCUT2D eigenvalue weighted by atomic mass is 32.2. The van der Waals surface area contributed by atoms with Crippen molar-refractivity contribution < 1.29 is 22.0 Å². The first-order chi connectivity index (χ1) is 13.4. The van der Waals surface area contributed by atoms with Crippen molar-refractivity contribution in [1.82, 2.24) is 0 Å². The second kappa shape index (κ2) is 6.72. The predicted octanol–water partition coefficient (Wildman–Crippen LogP) is 3.78. The molecule has 0 bridgehead atoms. The summed E-state index contributed by atoms with van der Waals surface area (Å²) >= 11 is 0. The zero-order valence-electron chi connectivity index (χ0n) is 14.4. The Bertz CT molecular complexity index is 1180. The van der Waals surface area contributed by atoms with E-state index in [4.69, 9.17) is 0 Å². The summed E-state index contributed by atoms with van der Waals surface area (Å²) in [5, 5.41) is 2.53. The van der Waals surface area contributed by atoms with Crippen molar-refractivity contribution in [2.24, 2.45) is 0 Å². The van der Waals surface area contributed by atoms with Gasteiger partial charge in [0.2, 0.25) is 5.91 Å². The Balaban J connectivity index is 1.72. The van der Waals surface area contributed by atoms with Gasteiger partial charge in [0.1, 0.15) is 18.2 Å². The molecule has 142 valence electrons. The van der Waals surface area contributed by atoms with Crippen molar-refractivity contribution >= 4 is 27.3 Å². The first-order valence-corrected chi connectivity index (χ1v) is 9.77. The Labute approximate surface area is 160 Å². The molecule has 28 heavy (non-hydrogen) atoms. The quantitative estimate of drug-likeness (QED) is 0.728. The monoisotopic (exact) mass is 400 g/mol. The average Bonchev–Trinajstić information content (AvgIpc) is 2.67. The number of fused-ring (bicyclic) bond motifs is 3. The Hall–Kier alpha value is -3.26. The van der Waals surface area contributed by atoms with E-state index in [1.807, 2.05) is 0 Å². The molecule has 3 aromatic rings. The lowest BCUT2D eigenvalue weighted by Gasteiger charge is -2.31. The fourth-order valence-electron chi connectivity index (χ4n) is 3.14. The van der Waals surface area contributed by atoms with Gasteiger partial charge in [-0.15, -0.1) is 0 Å². The summed E-state index contributed by atoms with van der Waals surface area (Å²) in [5.74, 6) is -1.57. The number of sulfonamides is 1. The van der Waals surface area contributed by atoms with Gasteiger partial charge in [-0.05, 0) is 48.5 Å². The fraction of sp³-hybridized carbons (Fsp3) is 0.0500. The topological polar surface area (TPSA) is 66.5 Å². The van der Waals surface area contributed by atoms with Crippen molar-refractivity contribution in [3.8, 4) is 11.1 Å². The molecule has 1 N–H and O–H groups in total. The van der Waals surface area contributed by atoms with Gasteiger partial charge in [0.05, 0.1) is 10.6 Å². The third kappa shape index (κ3) is 3.11. The molecular weight excluding hydrogens is 386 g/mol. The maximum absolute atomic E-state index is 13.8. The molecule has 0 saturated carbocycles. The van der Waals surface area contributed by atoms with Crippen molar-refractivity contribution in [2.45, 2.75) is 4.90 Å². The summed E-state index contributed by atoms with van der Waals surface area (Å²) in [4.78, 5) is 12.5. The lowest BCUT2D eigenvalue weighted by atomic mass is 10.0. The summed E-state index contributed by atoms with van der Waals surface area (Å²) in [6.07, 6.45) is 0. The van der Waals surface area contributed by atoms with E-state index < -0.39 is 34.1 Å². The van der Waals surface area contributed by atoms with Gasteiger partial charge in [0, 0.05) is 16.8 Å². The molecule has 4 rings (SSSR count). The molecule has 0 saturated heterocycles. The normalized spacial score (nSPS) is 14.1. The van der Waals surface area contributed by atoms with Gasteiger partial charge in [-0.25, -0.2) is 17.2 Å². The molecule has 1 aliphatic heterocycles. The van der Waals surface area contributed by atoms with Crippen LogP contribution in [0.2, 0.25) is 0 Å². The van der Waals surface area contributed by atoms with Crippen LogP contribution in [0.15, 0.2) is 71.6 Å². The van der Waals surface area contributed by atoms with Gasteiger partial charge in [-0.2, -0.15) is 0 Å². The van der Waals surface area contributed by atoms with Gasteiger partial charge in [-0.3, -0.25) is 9.10 Å². The van der Waals surface area contributed by atoms with Crippen molar-refractivity contribution in [3.05, 3.63) is 78.4 Å². The summed E-state index contributed by atoms with van der Waals surface area (Å²) in [7, 11) is -4.01. The Morgan fingerprint density at radius 1 is 0.893 bits per heavy atom. The zero-order chi connectivity index (χ0) is 19.9. The van der Waals surface area contributed by atoms with E-state index in [1.54, 1.807) is 18.2 Å². The second-order valence-corrected chi connectivity index (χ2v) is 8.06. The van der Waals surface area contributed by atoms with E-state index in [-0.39, 0.29) is 10.6 Å². The molecule has 0 atom stereocenters. The maximum atomic E-state index is 13.8. The highest BCUT2D eigenvalue weighted by Crippen LogP contribution is 2.43. The first-order valence-electron chi connectivity index (χ1n) is 8.33. The Kier molecular flexibility index (Phi) is 4.35. The van der Waals surface area contributed by atoms with Crippen LogP contribution >= 0.6 is 0 Å². The zero-order valence-corrected chi connectivity index (χ0v) is 15.2. The molecule has 1 amide bonds. The first kappa shape index (κ1) is 18.1. The van der Waals surface area contributed by atoms with E-state index in [1.165, 1.54) is 42.5 Å². The van der Waals surface area contributed by atoms with E-state index in [0.29, 0.717) is 16.8 Å². The van der Waals surface area contributed by atoms with E-state index >= 15 is 0 Å². The van der Waals surface area contributed by atoms with Crippen LogP contribution in [-0.2, 0) is 14.8 Å². The van der Waals surface area contributed by atoms with Crippen molar-refractivity contribution in [2.75, 3.05) is 16.2 Å². The third-order valence-electron chi connectivity index (χ3n) is 4.39. The highest BCUT2D eigenvalue weighted by Gasteiger charge is 2.36. The molecule has 0 fully saturated rings. The van der Waals surface area contributed by atoms with Gasteiger partial charge in [-0.1, -0.05) is 18.2 Å². The SMILES string of the molecule is O=C(CN1c2ccc(F)cc2-c2ccccc2S1(=O)=O)Nc1ccc(F)cc1. The van der Waals surface area contributed by atoms with Gasteiger partial charge < -0.3 is 5.32 Å². The van der Waals surface area contributed by atoms with Crippen LogP contribution in [0.4, 0.5) is 20.2 Å². The van der Waals surface area contributed by atoms with Crippen molar-refractivity contribution in [3.63, 3.8) is 0 Å². The number of hydrogen-bond donors (Lipinski definition) is 1. The number of benzene rings is 3. The molecular formula is C20H14F2N2O3S. The summed E-state index contributed by atoms with van der Waals surface area (Å²) in [5.41, 5.74) is 1.32. The number of nitrogens with zero attached hydrogens (tertiary/aromatic N) is 1. The number of amides is 1. The minimum atomic E-state index is -4.01. The second-order valence-electron chi connectivity index (χ2n) is 6.22. The summed E-state index contributed by atoms with van der Waals surface area (Å²) in [6, 6.07) is 15.1. The maximum Gasteiger partial charge on any atom is 0.265 e. The number of carbonyl (C=O) groups excluding carboxylic acids is 1. The number of carbonyl (C=O) groups is 1. The fourth-order valence-corrected chi connectivity index (χ4v) is 4.79. The molecule has 0 aromatic heterocycles. The smallest absolute Gasteiger partial charge is 0.265 e. The van der Waals surface area contributed by atoms with E-state index in [9.17, 15) is 22.0 Å². The molecule has 1 heterocycles. The highest BCUT2D eigenvalue weighted by molar-refractivity contribution is 7.93.